The van der Waals surface area contributed by atoms with Gasteiger partial charge in [-0.05, 0) is 42.8 Å². The van der Waals surface area contributed by atoms with Crippen LogP contribution in [0, 0.1) is 0 Å². The Kier molecular flexibility index (Phi) is 8.27. The van der Waals surface area contributed by atoms with Crippen LogP contribution < -0.4 is 29.0 Å². The molecule has 0 atom stereocenters. The predicted molar refractivity (Wildman–Crippen MR) is 106 cm³/mol. The minimum absolute atomic E-state index is 0.0600. The van der Waals surface area contributed by atoms with Gasteiger partial charge in [0, 0.05) is 18.5 Å². The van der Waals surface area contributed by atoms with E-state index >= 15 is 0 Å². The first-order valence-corrected chi connectivity index (χ1v) is 8.94. The number of ether oxygens (including phenoxy) is 5. The Morgan fingerprint density at radius 1 is 0.821 bits per heavy atom. The van der Waals surface area contributed by atoms with Crippen molar-refractivity contribution in [2.45, 2.75) is 19.4 Å². The second-order valence-corrected chi connectivity index (χ2v) is 5.90. The molecule has 0 radical (unpaired) electrons. The Bertz CT molecular complexity index is 760. The zero-order chi connectivity index (χ0) is 20.4. The normalized spacial score (nSPS) is 10.1. The number of nitrogens with one attached hydrogen (secondary N) is 1. The van der Waals surface area contributed by atoms with Gasteiger partial charge in [-0.25, -0.2) is 0 Å². The summed E-state index contributed by atoms with van der Waals surface area (Å²) in [6.07, 6.45) is 0.979. The van der Waals surface area contributed by atoms with Gasteiger partial charge >= 0.3 is 0 Å². The van der Waals surface area contributed by atoms with E-state index in [2.05, 4.69) is 5.32 Å². The molecular formula is C21H27NO6. The fourth-order valence-corrected chi connectivity index (χ4v) is 2.68. The van der Waals surface area contributed by atoms with Crippen LogP contribution in [-0.4, -0.2) is 41.0 Å². The molecule has 1 amide bonds. The second-order valence-electron chi connectivity index (χ2n) is 5.90. The molecule has 1 N–H and O–H groups in total. The molecule has 0 aliphatic heterocycles. The average molecular weight is 389 g/mol. The number of benzene rings is 2. The van der Waals surface area contributed by atoms with Gasteiger partial charge in [-0.2, -0.15) is 0 Å². The lowest BCUT2D eigenvalue weighted by Crippen LogP contribution is -2.23. The maximum atomic E-state index is 12.1. The van der Waals surface area contributed by atoms with Crippen molar-refractivity contribution in [1.82, 2.24) is 5.32 Å². The topological polar surface area (TPSA) is 75.3 Å². The molecular weight excluding hydrogens is 362 g/mol. The SMILES string of the molecule is COc1ccc(OCCCC(=O)NCc2ccc(OC)c(OC)c2OC)cc1. The molecule has 0 heterocycles. The van der Waals surface area contributed by atoms with Gasteiger partial charge in [0.15, 0.2) is 11.5 Å². The van der Waals surface area contributed by atoms with Crippen molar-refractivity contribution >= 4 is 5.91 Å². The predicted octanol–water partition coefficient (Wildman–Crippen LogP) is 3.20. The highest BCUT2D eigenvalue weighted by atomic mass is 16.5. The molecule has 0 aromatic heterocycles. The van der Waals surface area contributed by atoms with Gasteiger partial charge < -0.3 is 29.0 Å². The van der Waals surface area contributed by atoms with E-state index in [-0.39, 0.29) is 5.91 Å². The van der Waals surface area contributed by atoms with E-state index in [1.54, 1.807) is 34.5 Å². The fourth-order valence-electron chi connectivity index (χ4n) is 2.68. The number of methoxy groups -OCH3 is 4. The van der Waals surface area contributed by atoms with Crippen molar-refractivity contribution in [3.05, 3.63) is 42.0 Å². The summed E-state index contributed by atoms with van der Waals surface area (Å²) in [6, 6.07) is 11.0. The second kappa shape index (κ2) is 10.9. The lowest BCUT2D eigenvalue weighted by molar-refractivity contribution is -0.121. The number of amides is 1. The van der Waals surface area contributed by atoms with Gasteiger partial charge in [-0.1, -0.05) is 0 Å². The van der Waals surface area contributed by atoms with E-state index in [4.69, 9.17) is 23.7 Å². The van der Waals surface area contributed by atoms with Crippen molar-refractivity contribution in [3.63, 3.8) is 0 Å². The number of hydrogen-bond acceptors (Lipinski definition) is 6. The molecule has 7 nitrogen and oxygen atoms in total. The number of hydrogen-bond donors (Lipinski definition) is 1. The molecule has 2 aromatic carbocycles. The van der Waals surface area contributed by atoms with Crippen LogP contribution in [-0.2, 0) is 11.3 Å². The Hall–Kier alpha value is -3.09. The summed E-state index contributed by atoms with van der Waals surface area (Å²) in [5.41, 5.74) is 0.808. The number of carbonyl (C=O) groups is 1. The van der Waals surface area contributed by atoms with Crippen LogP contribution in [0.5, 0.6) is 28.7 Å². The third-order valence-electron chi connectivity index (χ3n) is 4.14. The summed E-state index contributed by atoms with van der Waals surface area (Å²) in [5, 5.41) is 2.89. The van der Waals surface area contributed by atoms with Gasteiger partial charge in [0.1, 0.15) is 11.5 Å². The largest absolute Gasteiger partial charge is 0.497 e. The monoisotopic (exact) mass is 389 g/mol. The smallest absolute Gasteiger partial charge is 0.220 e. The van der Waals surface area contributed by atoms with Gasteiger partial charge in [0.25, 0.3) is 0 Å². The quantitative estimate of drug-likeness (QED) is 0.595. The first-order chi connectivity index (χ1) is 13.6. The Morgan fingerprint density at radius 3 is 2.11 bits per heavy atom. The molecule has 0 aliphatic carbocycles. The molecule has 0 unspecified atom stereocenters. The van der Waals surface area contributed by atoms with Crippen LogP contribution in [0.1, 0.15) is 18.4 Å². The lowest BCUT2D eigenvalue weighted by atomic mass is 10.1. The molecule has 2 aromatic rings. The molecule has 28 heavy (non-hydrogen) atoms. The van der Waals surface area contributed by atoms with Crippen LogP contribution >= 0.6 is 0 Å². The molecule has 0 bridgehead atoms. The van der Waals surface area contributed by atoms with E-state index in [1.807, 2.05) is 30.3 Å². The van der Waals surface area contributed by atoms with Crippen LogP contribution in [0.4, 0.5) is 0 Å². The van der Waals surface area contributed by atoms with Gasteiger partial charge in [0.05, 0.1) is 35.0 Å². The fraction of sp³-hybridized carbons (Fsp3) is 0.381. The molecule has 0 saturated carbocycles. The van der Waals surface area contributed by atoms with E-state index in [0.717, 1.165) is 17.1 Å². The van der Waals surface area contributed by atoms with E-state index in [0.29, 0.717) is 43.2 Å². The zero-order valence-electron chi connectivity index (χ0n) is 16.7. The Labute approximate surface area is 165 Å². The first-order valence-electron chi connectivity index (χ1n) is 8.94. The van der Waals surface area contributed by atoms with Gasteiger partial charge in [-0.15, -0.1) is 0 Å². The summed E-state index contributed by atoms with van der Waals surface area (Å²) in [7, 11) is 6.28. The summed E-state index contributed by atoms with van der Waals surface area (Å²) >= 11 is 0. The molecule has 2 rings (SSSR count). The number of rotatable bonds is 11. The molecule has 0 fully saturated rings. The molecule has 0 spiro atoms. The third-order valence-corrected chi connectivity index (χ3v) is 4.14. The highest BCUT2D eigenvalue weighted by molar-refractivity contribution is 5.76. The van der Waals surface area contributed by atoms with E-state index in [1.165, 1.54) is 0 Å². The summed E-state index contributed by atoms with van der Waals surface area (Å²) in [4.78, 5) is 12.1. The van der Waals surface area contributed by atoms with Crippen LogP contribution in [0.25, 0.3) is 0 Å². The minimum Gasteiger partial charge on any atom is -0.497 e. The van der Waals surface area contributed by atoms with Crippen molar-refractivity contribution < 1.29 is 28.5 Å². The third kappa shape index (κ3) is 5.70. The van der Waals surface area contributed by atoms with Crippen LogP contribution in [0.2, 0.25) is 0 Å². The molecule has 7 heteroatoms. The summed E-state index contributed by atoms with van der Waals surface area (Å²) in [5.74, 6) is 3.09. The Balaban J connectivity index is 1.79. The standard InChI is InChI=1S/C21H27NO6/c1-24-16-8-10-17(11-9-16)28-13-5-6-19(23)22-14-15-7-12-18(25-2)21(27-4)20(15)26-3/h7-12H,5-6,13-14H2,1-4H3,(H,22,23). The minimum atomic E-state index is -0.0600. The highest BCUT2D eigenvalue weighted by Crippen LogP contribution is 2.39. The zero-order valence-corrected chi connectivity index (χ0v) is 16.7. The van der Waals surface area contributed by atoms with Crippen LogP contribution in [0.15, 0.2) is 36.4 Å². The molecule has 152 valence electrons. The van der Waals surface area contributed by atoms with E-state index in [9.17, 15) is 4.79 Å². The lowest BCUT2D eigenvalue weighted by Gasteiger charge is -2.16. The van der Waals surface area contributed by atoms with Crippen molar-refractivity contribution in [2.24, 2.45) is 0 Å². The van der Waals surface area contributed by atoms with Crippen molar-refractivity contribution in [3.8, 4) is 28.7 Å². The van der Waals surface area contributed by atoms with Gasteiger partial charge in [0.2, 0.25) is 11.7 Å². The average Bonchev–Trinajstić information content (AvgIpc) is 2.74. The maximum absolute atomic E-state index is 12.1. The van der Waals surface area contributed by atoms with Crippen LogP contribution in [0.3, 0.4) is 0 Å². The number of carbonyl (C=O) groups excluding carboxylic acids is 1. The maximum Gasteiger partial charge on any atom is 0.220 e. The molecule has 0 aliphatic rings. The van der Waals surface area contributed by atoms with Crippen molar-refractivity contribution in [1.29, 1.82) is 0 Å². The first kappa shape index (κ1) is 21.2. The summed E-state index contributed by atoms with van der Waals surface area (Å²) in [6.45, 7) is 0.793. The van der Waals surface area contributed by atoms with Crippen molar-refractivity contribution in [2.75, 3.05) is 35.0 Å². The molecule has 0 saturated heterocycles. The van der Waals surface area contributed by atoms with Gasteiger partial charge in [-0.3, -0.25) is 4.79 Å². The Morgan fingerprint density at radius 2 is 1.50 bits per heavy atom. The highest BCUT2D eigenvalue weighted by Gasteiger charge is 2.16. The summed E-state index contributed by atoms with van der Waals surface area (Å²) < 4.78 is 26.8. The van der Waals surface area contributed by atoms with E-state index < -0.39 is 0 Å².